The Hall–Kier alpha value is -0.860. The van der Waals surface area contributed by atoms with Crippen LogP contribution in [0.25, 0.3) is 0 Å². The third-order valence-electron chi connectivity index (χ3n) is 2.69. The van der Waals surface area contributed by atoms with Crippen molar-refractivity contribution in [3.8, 4) is 0 Å². The highest BCUT2D eigenvalue weighted by molar-refractivity contribution is 5.19. The van der Waals surface area contributed by atoms with Crippen LogP contribution >= 0.6 is 0 Å². The van der Waals surface area contributed by atoms with Gasteiger partial charge in [0.05, 0.1) is 12.7 Å². The molecule has 0 N–H and O–H groups in total. The molecule has 1 aliphatic rings. The fraction of sp³-hybridized carbons (Fsp3) is 0.500. The lowest BCUT2D eigenvalue weighted by atomic mass is 10.0. The second-order valence-corrected chi connectivity index (χ2v) is 3.64. The highest BCUT2D eigenvalue weighted by Crippen LogP contribution is 2.26. The maximum absolute atomic E-state index is 7.51. The maximum Gasteiger partial charge on any atom is 0.0977 e. The van der Waals surface area contributed by atoms with Gasteiger partial charge in [-0.3, -0.25) is 4.90 Å². The second kappa shape index (κ2) is 4.11. The minimum absolute atomic E-state index is 0.140. The van der Waals surface area contributed by atoms with Gasteiger partial charge in [0.25, 0.3) is 0 Å². The Kier molecular flexibility index (Phi) is 1.94. The Morgan fingerprint density at radius 2 is 2.21 bits per heavy atom. The number of benzene rings is 1. The summed E-state index contributed by atoms with van der Waals surface area (Å²) >= 11 is 0. The number of likely N-dealkylation sites (N-methyl/N-ethyl adjacent to an activating group) is 1. The van der Waals surface area contributed by atoms with Crippen molar-refractivity contribution in [1.29, 1.82) is 0 Å². The summed E-state index contributed by atoms with van der Waals surface area (Å²) < 4.78 is 28.2. The number of morpholine rings is 1. The summed E-state index contributed by atoms with van der Waals surface area (Å²) in [5, 5.41) is 0. The van der Waals surface area contributed by atoms with Gasteiger partial charge in [-0.25, -0.2) is 0 Å². The van der Waals surface area contributed by atoms with Crippen LogP contribution in [0.2, 0.25) is 0 Å². The van der Waals surface area contributed by atoms with Crippen molar-refractivity contribution in [2.75, 3.05) is 20.1 Å². The standard InChI is InChI=1S/C12H17NO/c1-10-12(14-9-8-13(10)2)11-6-4-3-5-7-11/h3-7,10,12H,8-9H2,1-2H3/t10-,12+/m1/s1/i2D3. The van der Waals surface area contributed by atoms with Gasteiger partial charge < -0.3 is 4.74 Å². The summed E-state index contributed by atoms with van der Waals surface area (Å²) in [7, 11) is 0. The van der Waals surface area contributed by atoms with Gasteiger partial charge in [-0.15, -0.1) is 0 Å². The van der Waals surface area contributed by atoms with Gasteiger partial charge in [0.1, 0.15) is 0 Å². The normalized spacial score (nSPS) is 33.1. The Balaban J connectivity index is 2.20. The molecule has 2 heteroatoms. The summed E-state index contributed by atoms with van der Waals surface area (Å²) in [6, 6.07) is 9.64. The summed E-state index contributed by atoms with van der Waals surface area (Å²) in [5.74, 6) is 0. The number of hydrogen-bond acceptors (Lipinski definition) is 2. The SMILES string of the molecule is [2H]C([2H])([2H])N1CCO[C@H](c2ccccc2)[C@H]1C. The van der Waals surface area contributed by atoms with E-state index in [2.05, 4.69) is 0 Å². The van der Waals surface area contributed by atoms with Crippen LogP contribution in [0.1, 0.15) is 22.7 Å². The zero-order chi connectivity index (χ0) is 12.5. The van der Waals surface area contributed by atoms with Crippen LogP contribution in [-0.4, -0.2) is 31.1 Å². The van der Waals surface area contributed by atoms with Crippen molar-refractivity contribution < 1.29 is 8.85 Å². The largest absolute Gasteiger partial charge is 0.371 e. The number of ether oxygens (including phenoxy) is 1. The van der Waals surface area contributed by atoms with Crippen molar-refractivity contribution >= 4 is 0 Å². The Morgan fingerprint density at radius 1 is 1.43 bits per heavy atom. The minimum atomic E-state index is -2.05. The third-order valence-corrected chi connectivity index (χ3v) is 2.69. The molecule has 1 aromatic rings. The first-order chi connectivity index (χ1) is 8.00. The minimum Gasteiger partial charge on any atom is -0.371 e. The first-order valence-electron chi connectivity index (χ1n) is 6.43. The first-order valence-corrected chi connectivity index (χ1v) is 4.93. The van der Waals surface area contributed by atoms with Crippen molar-refractivity contribution in [2.45, 2.75) is 19.1 Å². The van der Waals surface area contributed by atoms with E-state index in [1.54, 1.807) is 0 Å². The van der Waals surface area contributed by atoms with Gasteiger partial charge in [0, 0.05) is 16.7 Å². The zero-order valence-corrected chi connectivity index (χ0v) is 8.31. The number of hydrogen-bond donors (Lipinski definition) is 0. The number of rotatable bonds is 1. The van der Waals surface area contributed by atoms with Crippen LogP contribution in [0.4, 0.5) is 0 Å². The zero-order valence-electron chi connectivity index (χ0n) is 11.3. The van der Waals surface area contributed by atoms with E-state index in [4.69, 9.17) is 8.85 Å². The van der Waals surface area contributed by atoms with Gasteiger partial charge in [-0.1, -0.05) is 30.3 Å². The molecule has 76 valence electrons. The van der Waals surface area contributed by atoms with Crippen molar-refractivity contribution in [2.24, 2.45) is 0 Å². The predicted molar refractivity (Wildman–Crippen MR) is 57.2 cm³/mol. The number of nitrogens with zero attached hydrogens (tertiary/aromatic N) is 1. The molecule has 0 bridgehead atoms. The molecule has 1 fully saturated rings. The molecule has 0 saturated carbocycles. The van der Waals surface area contributed by atoms with Gasteiger partial charge in [-0.05, 0) is 19.5 Å². The van der Waals surface area contributed by atoms with Gasteiger partial charge in [0.2, 0.25) is 0 Å². The quantitative estimate of drug-likeness (QED) is 0.678. The summed E-state index contributed by atoms with van der Waals surface area (Å²) in [5.41, 5.74) is 1.04. The van der Waals surface area contributed by atoms with E-state index in [-0.39, 0.29) is 12.1 Å². The van der Waals surface area contributed by atoms with E-state index in [0.29, 0.717) is 13.2 Å². The average molecular weight is 194 g/mol. The Bertz CT molecular complexity index is 366. The van der Waals surface area contributed by atoms with Gasteiger partial charge in [-0.2, -0.15) is 0 Å². The smallest absolute Gasteiger partial charge is 0.0977 e. The topological polar surface area (TPSA) is 12.5 Å². The van der Waals surface area contributed by atoms with Crippen LogP contribution in [0, 0.1) is 0 Å². The lowest BCUT2D eigenvalue weighted by molar-refractivity contribution is -0.0571. The molecule has 0 aromatic heterocycles. The summed E-state index contributed by atoms with van der Waals surface area (Å²) in [6.45, 7) is 0.780. The second-order valence-electron chi connectivity index (χ2n) is 3.64. The van der Waals surface area contributed by atoms with E-state index in [9.17, 15) is 0 Å². The van der Waals surface area contributed by atoms with Crippen LogP contribution in [0.5, 0.6) is 0 Å². The molecule has 2 rings (SSSR count). The van der Waals surface area contributed by atoms with Crippen LogP contribution < -0.4 is 0 Å². The van der Waals surface area contributed by atoms with Crippen LogP contribution in [-0.2, 0) is 4.74 Å². The molecule has 1 saturated heterocycles. The third kappa shape index (κ3) is 1.81. The molecule has 0 amide bonds. The Labute approximate surface area is 89.7 Å². The lowest BCUT2D eigenvalue weighted by Gasteiger charge is -2.37. The van der Waals surface area contributed by atoms with E-state index < -0.39 is 6.98 Å². The predicted octanol–water partition coefficient (Wildman–Crippen LogP) is 2.08. The molecule has 0 unspecified atom stereocenters. The van der Waals surface area contributed by atoms with E-state index in [1.165, 1.54) is 4.90 Å². The van der Waals surface area contributed by atoms with Gasteiger partial charge >= 0.3 is 0 Å². The highest BCUT2D eigenvalue weighted by Gasteiger charge is 2.27. The fourth-order valence-corrected chi connectivity index (χ4v) is 1.80. The molecule has 0 radical (unpaired) electrons. The van der Waals surface area contributed by atoms with Crippen LogP contribution in [0.15, 0.2) is 30.3 Å². The molecule has 0 aliphatic carbocycles. The molecular weight excluding hydrogens is 174 g/mol. The van der Waals surface area contributed by atoms with Crippen molar-refractivity contribution in [3.63, 3.8) is 0 Å². The highest BCUT2D eigenvalue weighted by atomic mass is 16.5. The summed E-state index contributed by atoms with van der Waals surface area (Å²) in [4.78, 5) is 1.54. The van der Waals surface area contributed by atoms with Gasteiger partial charge in [0.15, 0.2) is 0 Å². The van der Waals surface area contributed by atoms with E-state index in [0.717, 1.165) is 5.56 Å². The molecule has 14 heavy (non-hydrogen) atoms. The molecule has 1 heterocycles. The van der Waals surface area contributed by atoms with Crippen LogP contribution in [0.3, 0.4) is 0 Å². The maximum atomic E-state index is 7.51. The Morgan fingerprint density at radius 3 is 2.93 bits per heavy atom. The monoisotopic (exact) mass is 194 g/mol. The molecule has 2 nitrogen and oxygen atoms in total. The first kappa shape index (κ1) is 6.59. The lowest BCUT2D eigenvalue weighted by Crippen LogP contribution is -2.42. The molecular formula is C12H17NO. The fourth-order valence-electron chi connectivity index (χ4n) is 1.80. The summed E-state index contributed by atoms with van der Waals surface area (Å²) in [6.07, 6.45) is -0.162. The van der Waals surface area contributed by atoms with E-state index >= 15 is 0 Å². The van der Waals surface area contributed by atoms with Crippen molar-refractivity contribution in [3.05, 3.63) is 35.9 Å². The molecule has 1 aromatic carbocycles. The average Bonchev–Trinajstić information content (AvgIpc) is 2.29. The molecule has 2 atom stereocenters. The van der Waals surface area contributed by atoms with Crippen molar-refractivity contribution in [1.82, 2.24) is 4.90 Å². The van der Waals surface area contributed by atoms with E-state index in [1.807, 2.05) is 37.3 Å². The molecule has 1 aliphatic heterocycles. The molecule has 0 spiro atoms.